The highest BCUT2D eigenvalue weighted by Crippen LogP contribution is 2.25. The molecule has 1 aromatic rings. The maximum absolute atomic E-state index is 12.2. The molecule has 1 saturated heterocycles. The van der Waals surface area contributed by atoms with Crippen LogP contribution in [0.4, 0.5) is 0 Å². The van der Waals surface area contributed by atoms with E-state index in [-0.39, 0.29) is 11.3 Å². The largest absolute Gasteiger partial charge is 0.356 e. The molecular formula is C15H26N4O. The van der Waals surface area contributed by atoms with Crippen molar-refractivity contribution in [1.82, 2.24) is 20.4 Å². The van der Waals surface area contributed by atoms with Crippen molar-refractivity contribution in [2.45, 2.75) is 46.6 Å². The molecule has 1 unspecified atom stereocenters. The van der Waals surface area contributed by atoms with Gasteiger partial charge in [-0.2, -0.15) is 5.10 Å². The Morgan fingerprint density at radius 2 is 2.35 bits per heavy atom. The predicted molar refractivity (Wildman–Crippen MR) is 79.5 cm³/mol. The minimum atomic E-state index is -0.240. The Morgan fingerprint density at radius 3 is 2.95 bits per heavy atom. The molecule has 1 amide bonds. The number of nitrogens with one attached hydrogen (secondary N) is 2. The monoisotopic (exact) mass is 278 g/mol. The van der Waals surface area contributed by atoms with Crippen molar-refractivity contribution in [2.75, 3.05) is 19.6 Å². The third-order valence-corrected chi connectivity index (χ3v) is 4.08. The number of carbonyl (C=O) groups excluding carboxylic acids is 1. The minimum Gasteiger partial charge on any atom is -0.356 e. The highest BCUT2D eigenvalue weighted by atomic mass is 16.2. The molecule has 2 heterocycles. The number of aryl methyl sites for hydroxylation is 3. The molecule has 0 saturated carbocycles. The van der Waals surface area contributed by atoms with Crippen molar-refractivity contribution in [1.29, 1.82) is 0 Å². The molecule has 1 aliphatic rings. The van der Waals surface area contributed by atoms with E-state index in [1.807, 2.05) is 11.6 Å². The summed E-state index contributed by atoms with van der Waals surface area (Å²) >= 11 is 0. The first kappa shape index (κ1) is 15.0. The second-order valence-electron chi connectivity index (χ2n) is 6.10. The van der Waals surface area contributed by atoms with Crippen molar-refractivity contribution in [3.63, 3.8) is 0 Å². The number of hydrogen-bond acceptors (Lipinski definition) is 3. The molecule has 1 aromatic heterocycles. The third-order valence-electron chi connectivity index (χ3n) is 4.08. The summed E-state index contributed by atoms with van der Waals surface area (Å²) in [6, 6.07) is 2.08. The highest BCUT2D eigenvalue weighted by Gasteiger charge is 2.34. The summed E-state index contributed by atoms with van der Waals surface area (Å²) in [6.45, 7) is 9.50. The first-order valence-electron chi connectivity index (χ1n) is 7.51. The lowest BCUT2D eigenvalue weighted by Gasteiger charge is -2.32. The molecule has 0 aliphatic carbocycles. The van der Waals surface area contributed by atoms with E-state index in [1.54, 1.807) is 0 Å². The van der Waals surface area contributed by atoms with E-state index < -0.39 is 0 Å². The number of rotatable bonds is 5. The van der Waals surface area contributed by atoms with Gasteiger partial charge in [-0.3, -0.25) is 9.48 Å². The lowest BCUT2D eigenvalue weighted by Crippen LogP contribution is -2.48. The highest BCUT2D eigenvalue weighted by molar-refractivity contribution is 5.82. The van der Waals surface area contributed by atoms with E-state index in [1.165, 1.54) is 5.69 Å². The van der Waals surface area contributed by atoms with Crippen LogP contribution in [-0.4, -0.2) is 35.3 Å². The van der Waals surface area contributed by atoms with E-state index in [9.17, 15) is 4.79 Å². The lowest BCUT2D eigenvalue weighted by molar-refractivity contribution is -0.131. The maximum atomic E-state index is 12.2. The normalized spacial score (nSPS) is 22.8. The molecule has 1 fully saturated rings. The molecule has 1 aliphatic heterocycles. The second-order valence-corrected chi connectivity index (χ2v) is 6.10. The SMILES string of the molecule is Cc1cc(C)n(CCCNC(=O)C2(C)CCCNC2)n1. The van der Waals surface area contributed by atoms with Crippen LogP contribution in [0.1, 0.15) is 37.6 Å². The zero-order valence-electron chi connectivity index (χ0n) is 12.8. The molecule has 5 nitrogen and oxygen atoms in total. The summed E-state index contributed by atoms with van der Waals surface area (Å²) in [6.07, 6.45) is 2.97. The van der Waals surface area contributed by atoms with Gasteiger partial charge in [0.05, 0.1) is 11.1 Å². The smallest absolute Gasteiger partial charge is 0.227 e. The zero-order valence-corrected chi connectivity index (χ0v) is 12.8. The van der Waals surface area contributed by atoms with Gasteiger partial charge in [-0.15, -0.1) is 0 Å². The quantitative estimate of drug-likeness (QED) is 0.800. The number of aromatic nitrogens is 2. The summed E-state index contributed by atoms with van der Waals surface area (Å²) in [5.41, 5.74) is 1.99. The Hall–Kier alpha value is -1.36. The Labute approximate surface area is 121 Å². The fraction of sp³-hybridized carbons (Fsp3) is 0.733. The number of nitrogens with zero attached hydrogens (tertiary/aromatic N) is 2. The van der Waals surface area contributed by atoms with Gasteiger partial charge in [0.15, 0.2) is 0 Å². The van der Waals surface area contributed by atoms with Gasteiger partial charge < -0.3 is 10.6 Å². The molecule has 2 N–H and O–H groups in total. The van der Waals surface area contributed by atoms with Crippen LogP contribution in [-0.2, 0) is 11.3 Å². The number of amides is 1. The average Bonchev–Trinajstić information content (AvgIpc) is 2.73. The van der Waals surface area contributed by atoms with Crippen LogP contribution in [0.15, 0.2) is 6.07 Å². The zero-order chi connectivity index (χ0) is 14.6. The van der Waals surface area contributed by atoms with Crippen molar-refractivity contribution >= 4 is 5.91 Å². The van der Waals surface area contributed by atoms with Crippen LogP contribution >= 0.6 is 0 Å². The predicted octanol–water partition coefficient (Wildman–Crippen LogP) is 1.40. The van der Waals surface area contributed by atoms with Gasteiger partial charge in [-0.05, 0) is 52.6 Å². The Kier molecular flexibility index (Phi) is 4.81. The van der Waals surface area contributed by atoms with Crippen LogP contribution < -0.4 is 10.6 Å². The van der Waals surface area contributed by atoms with Crippen LogP contribution in [0.2, 0.25) is 0 Å². The lowest BCUT2D eigenvalue weighted by atomic mass is 9.82. The fourth-order valence-corrected chi connectivity index (χ4v) is 2.80. The third kappa shape index (κ3) is 3.60. The van der Waals surface area contributed by atoms with Crippen molar-refractivity contribution in [2.24, 2.45) is 5.41 Å². The van der Waals surface area contributed by atoms with Crippen LogP contribution in [0.25, 0.3) is 0 Å². The van der Waals surface area contributed by atoms with Gasteiger partial charge in [0.2, 0.25) is 5.91 Å². The van der Waals surface area contributed by atoms with Crippen LogP contribution in [0, 0.1) is 19.3 Å². The molecule has 0 spiro atoms. The van der Waals surface area contributed by atoms with E-state index in [0.717, 1.165) is 44.6 Å². The Balaban J connectivity index is 1.73. The summed E-state index contributed by atoms with van der Waals surface area (Å²) < 4.78 is 2.01. The van der Waals surface area contributed by atoms with Crippen molar-refractivity contribution in [3.05, 3.63) is 17.5 Å². The second kappa shape index (κ2) is 6.39. The molecule has 0 aromatic carbocycles. The average molecular weight is 278 g/mol. The topological polar surface area (TPSA) is 59.0 Å². The number of hydrogen-bond donors (Lipinski definition) is 2. The number of carbonyl (C=O) groups is 1. The molecule has 112 valence electrons. The van der Waals surface area contributed by atoms with E-state index in [2.05, 4.69) is 35.6 Å². The molecule has 5 heteroatoms. The van der Waals surface area contributed by atoms with Gasteiger partial charge in [-0.25, -0.2) is 0 Å². The summed E-state index contributed by atoms with van der Waals surface area (Å²) in [4.78, 5) is 12.2. The molecule has 0 radical (unpaired) electrons. The first-order valence-corrected chi connectivity index (χ1v) is 7.51. The maximum Gasteiger partial charge on any atom is 0.227 e. The van der Waals surface area contributed by atoms with Gasteiger partial charge in [0, 0.05) is 25.3 Å². The summed E-state index contributed by atoms with van der Waals surface area (Å²) in [5, 5.41) is 10.8. The molecule has 1 atom stereocenters. The van der Waals surface area contributed by atoms with Gasteiger partial charge in [0.1, 0.15) is 0 Å². The van der Waals surface area contributed by atoms with E-state index in [0.29, 0.717) is 6.54 Å². The van der Waals surface area contributed by atoms with Crippen molar-refractivity contribution in [3.8, 4) is 0 Å². The number of piperidine rings is 1. The van der Waals surface area contributed by atoms with Gasteiger partial charge >= 0.3 is 0 Å². The molecule has 2 rings (SSSR count). The minimum absolute atomic E-state index is 0.179. The van der Waals surface area contributed by atoms with Crippen molar-refractivity contribution < 1.29 is 4.79 Å². The molecule has 20 heavy (non-hydrogen) atoms. The Morgan fingerprint density at radius 1 is 1.55 bits per heavy atom. The first-order chi connectivity index (χ1) is 9.51. The molecular weight excluding hydrogens is 252 g/mol. The van der Waals surface area contributed by atoms with Crippen LogP contribution in [0.5, 0.6) is 0 Å². The van der Waals surface area contributed by atoms with E-state index in [4.69, 9.17) is 0 Å². The van der Waals surface area contributed by atoms with Gasteiger partial charge in [0.25, 0.3) is 0 Å². The summed E-state index contributed by atoms with van der Waals surface area (Å²) in [7, 11) is 0. The molecule has 0 bridgehead atoms. The Bertz CT molecular complexity index is 460. The van der Waals surface area contributed by atoms with Gasteiger partial charge in [-0.1, -0.05) is 0 Å². The fourth-order valence-electron chi connectivity index (χ4n) is 2.80. The van der Waals surface area contributed by atoms with Crippen LogP contribution in [0.3, 0.4) is 0 Å². The summed E-state index contributed by atoms with van der Waals surface area (Å²) in [5.74, 6) is 0.179. The standard InChI is InChI=1S/C15H26N4O/c1-12-10-13(2)19(18-12)9-5-8-17-14(20)15(3)6-4-7-16-11-15/h10,16H,4-9,11H2,1-3H3,(H,17,20). The van der Waals surface area contributed by atoms with E-state index >= 15 is 0 Å².